The van der Waals surface area contributed by atoms with Gasteiger partial charge in [-0.2, -0.15) is 0 Å². The van der Waals surface area contributed by atoms with Gasteiger partial charge in [0.1, 0.15) is 6.10 Å². The van der Waals surface area contributed by atoms with Crippen molar-refractivity contribution in [2.24, 2.45) is 0 Å². The van der Waals surface area contributed by atoms with Gasteiger partial charge >= 0.3 is 6.03 Å². The number of nitrogens with zero attached hydrogens (tertiary/aromatic N) is 1. The lowest BCUT2D eigenvalue weighted by Crippen LogP contribution is -2.47. The first-order chi connectivity index (χ1) is 12.4. The number of hydrogen-bond acceptors (Lipinski definition) is 2. The Morgan fingerprint density at radius 3 is 2.62 bits per heavy atom. The number of morpholine rings is 1. The summed E-state index contributed by atoms with van der Waals surface area (Å²) in [6.45, 7) is 5.02. The van der Waals surface area contributed by atoms with Gasteiger partial charge in [-0.25, -0.2) is 13.6 Å². The van der Waals surface area contributed by atoms with Gasteiger partial charge in [-0.05, 0) is 37.1 Å². The second kappa shape index (κ2) is 7.83. The van der Waals surface area contributed by atoms with Crippen molar-refractivity contribution in [2.75, 3.05) is 19.7 Å². The summed E-state index contributed by atoms with van der Waals surface area (Å²) in [6, 6.07) is 11.3. The molecule has 26 heavy (non-hydrogen) atoms. The molecule has 138 valence electrons. The number of urea groups is 1. The van der Waals surface area contributed by atoms with Gasteiger partial charge in [-0.15, -0.1) is 0 Å². The maximum Gasteiger partial charge on any atom is 0.318 e. The van der Waals surface area contributed by atoms with Gasteiger partial charge in [0.2, 0.25) is 0 Å². The third-order valence-corrected chi connectivity index (χ3v) is 4.59. The molecule has 0 spiro atoms. The fourth-order valence-corrected chi connectivity index (χ4v) is 2.96. The molecule has 0 saturated carbocycles. The molecule has 1 fully saturated rings. The maximum atomic E-state index is 13.5. The van der Waals surface area contributed by atoms with Crippen molar-refractivity contribution >= 4 is 6.03 Å². The molecule has 0 aliphatic carbocycles. The Bertz CT molecular complexity index is 780. The molecule has 3 rings (SSSR count). The van der Waals surface area contributed by atoms with E-state index in [9.17, 15) is 13.6 Å². The van der Waals surface area contributed by atoms with Crippen LogP contribution < -0.4 is 5.32 Å². The highest BCUT2D eigenvalue weighted by atomic mass is 19.2. The number of halogens is 2. The van der Waals surface area contributed by atoms with Gasteiger partial charge in [-0.1, -0.05) is 35.9 Å². The molecule has 4 nitrogen and oxygen atoms in total. The number of carbonyl (C=O) groups is 1. The van der Waals surface area contributed by atoms with E-state index in [0.29, 0.717) is 18.7 Å². The molecule has 6 heteroatoms. The van der Waals surface area contributed by atoms with Crippen molar-refractivity contribution in [3.8, 4) is 0 Å². The van der Waals surface area contributed by atoms with Gasteiger partial charge in [0, 0.05) is 6.54 Å². The highest BCUT2D eigenvalue weighted by Crippen LogP contribution is 2.24. The van der Waals surface area contributed by atoms with E-state index >= 15 is 0 Å². The minimum absolute atomic E-state index is 0.132. The minimum Gasteiger partial charge on any atom is -0.370 e. The average molecular weight is 360 g/mol. The predicted molar refractivity (Wildman–Crippen MR) is 94.7 cm³/mol. The molecule has 2 aromatic rings. The Kier molecular flexibility index (Phi) is 5.52. The van der Waals surface area contributed by atoms with Crippen LogP contribution in [0, 0.1) is 18.6 Å². The molecule has 2 unspecified atom stereocenters. The first-order valence-corrected chi connectivity index (χ1v) is 8.62. The molecule has 1 N–H and O–H groups in total. The summed E-state index contributed by atoms with van der Waals surface area (Å²) in [5.74, 6) is -1.81. The van der Waals surface area contributed by atoms with Crippen molar-refractivity contribution in [1.82, 2.24) is 10.2 Å². The van der Waals surface area contributed by atoms with E-state index in [0.717, 1.165) is 23.3 Å². The molecule has 2 aromatic carbocycles. The molecule has 1 heterocycles. The highest BCUT2D eigenvalue weighted by molar-refractivity contribution is 5.74. The predicted octanol–water partition coefficient (Wildman–Crippen LogP) is 4.12. The van der Waals surface area contributed by atoms with E-state index in [1.807, 2.05) is 38.1 Å². The summed E-state index contributed by atoms with van der Waals surface area (Å²) in [4.78, 5) is 14.2. The molecule has 0 radical (unpaired) electrons. The third-order valence-electron chi connectivity index (χ3n) is 4.59. The highest BCUT2D eigenvalue weighted by Gasteiger charge is 2.26. The Morgan fingerprint density at radius 2 is 1.92 bits per heavy atom. The summed E-state index contributed by atoms with van der Waals surface area (Å²) >= 11 is 0. The standard InChI is InChI=1S/C20H22F2N2O2/c1-13-3-5-15(6-4-13)14(2)23-20(25)24-9-10-26-19(12-24)16-7-8-17(21)18(22)11-16/h3-8,11,14,19H,9-10,12H2,1-2H3,(H,23,25). The Morgan fingerprint density at radius 1 is 1.19 bits per heavy atom. The number of carbonyl (C=O) groups excluding carboxylic acids is 1. The SMILES string of the molecule is Cc1ccc(C(C)NC(=O)N2CCOC(c3ccc(F)c(F)c3)C2)cc1. The molecular formula is C20H22F2N2O2. The summed E-state index contributed by atoms with van der Waals surface area (Å²) in [7, 11) is 0. The quantitative estimate of drug-likeness (QED) is 0.895. The zero-order valence-corrected chi connectivity index (χ0v) is 14.8. The zero-order valence-electron chi connectivity index (χ0n) is 14.8. The fourth-order valence-electron chi connectivity index (χ4n) is 2.96. The van der Waals surface area contributed by atoms with Crippen molar-refractivity contribution in [2.45, 2.75) is 26.0 Å². The number of hydrogen-bond donors (Lipinski definition) is 1. The van der Waals surface area contributed by atoms with Crippen LogP contribution in [0.1, 0.15) is 35.8 Å². The van der Waals surface area contributed by atoms with Gasteiger partial charge < -0.3 is 15.0 Å². The van der Waals surface area contributed by atoms with Crippen LogP contribution >= 0.6 is 0 Å². The second-order valence-corrected chi connectivity index (χ2v) is 6.56. The fraction of sp³-hybridized carbons (Fsp3) is 0.350. The number of benzene rings is 2. The Hall–Kier alpha value is -2.47. The second-order valence-electron chi connectivity index (χ2n) is 6.56. The maximum absolute atomic E-state index is 13.5. The number of ether oxygens (including phenoxy) is 1. The summed E-state index contributed by atoms with van der Waals surface area (Å²) in [5, 5.41) is 2.98. The van der Waals surface area contributed by atoms with Crippen molar-refractivity contribution in [3.05, 3.63) is 70.8 Å². The average Bonchev–Trinajstić information content (AvgIpc) is 2.64. The topological polar surface area (TPSA) is 41.6 Å². The van der Waals surface area contributed by atoms with Crippen LogP contribution in [0.15, 0.2) is 42.5 Å². The molecule has 1 aliphatic heterocycles. The first kappa shape index (κ1) is 18.3. The number of rotatable bonds is 3. The van der Waals surface area contributed by atoms with Crippen molar-refractivity contribution < 1.29 is 18.3 Å². The molecule has 2 atom stereocenters. The number of nitrogens with one attached hydrogen (secondary N) is 1. The lowest BCUT2D eigenvalue weighted by atomic mass is 10.1. The molecule has 1 saturated heterocycles. The summed E-state index contributed by atoms with van der Waals surface area (Å²) < 4.78 is 32.2. The lowest BCUT2D eigenvalue weighted by Gasteiger charge is -2.34. The Balaban J connectivity index is 1.64. The zero-order chi connectivity index (χ0) is 18.7. The minimum atomic E-state index is -0.916. The van der Waals surface area contributed by atoms with E-state index in [1.54, 1.807) is 4.90 Å². The van der Waals surface area contributed by atoms with Gasteiger partial charge in [0.05, 0.1) is 19.2 Å². The van der Waals surface area contributed by atoms with E-state index in [4.69, 9.17) is 4.74 Å². The van der Waals surface area contributed by atoms with Crippen LogP contribution in [-0.4, -0.2) is 30.6 Å². The van der Waals surface area contributed by atoms with Gasteiger partial charge in [-0.3, -0.25) is 0 Å². The number of aryl methyl sites for hydroxylation is 1. The normalized spacial score (nSPS) is 18.5. The van der Waals surface area contributed by atoms with Crippen LogP contribution in [-0.2, 0) is 4.74 Å². The van der Waals surface area contributed by atoms with Crippen LogP contribution in [0.3, 0.4) is 0 Å². The van der Waals surface area contributed by atoms with Crippen LogP contribution in [0.25, 0.3) is 0 Å². The molecule has 2 amide bonds. The third kappa shape index (κ3) is 4.19. The van der Waals surface area contributed by atoms with E-state index < -0.39 is 17.7 Å². The summed E-state index contributed by atoms with van der Waals surface area (Å²) in [5.41, 5.74) is 2.71. The van der Waals surface area contributed by atoms with Gasteiger partial charge in [0.15, 0.2) is 11.6 Å². The molecule has 1 aliphatic rings. The summed E-state index contributed by atoms with van der Waals surface area (Å²) in [6.07, 6.45) is -0.473. The van der Waals surface area contributed by atoms with E-state index in [-0.39, 0.29) is 18.6 Å². The van der Waals surface area contributed by atoms with Crippen LogP contribution in [0.5, 0.6) is 0 Å². The Labute approximate surface area is 151 Å². The van der Waals surface area contributed by atoms with Gasteiger partial charge in [0.25, 0.3) is 0 Å². The lowest BCUT2D eigenvalue weighted by molar-refractivity contribution is -0.0159. The largest absolute Gasteiger partial charge is 0.370 e. The van der Waals surface area contributed by atoms with Crippen LogP contribution in [0.2, 0.25) is 0 Å². The van der Waals surface area contributed by atoms with Crippen molar-refractivity contribution in [1.29, 1.82) is 0 Å². The molecular weight excluding hydrogens is 338 g/mol. The van der Waals surface area contributed by atoms with Crippen LogP contribution in [0.4, 0.5) is 13.6 Å². The number of amides is 2. The molecule has 0 aromatic heterocycles. The molecule has 0 bridgehead atoms. The smallest absolute Gasteiger partial charge is 0.318 e. The first-order valence-electron chi connectivity index (χ1n) is 8.62. The monoisotopic (exact) mass is 360 g/mol. The van der Waals surface area contributed by atoms with E-state index in [2.05, 4.69) is 5.32 Å². The van der Waals surface area contributed by atoms with E-state index in [1.165, 1.54) is 6.07 Å². The van der Waals surface area contributed by atoms with Crippen molar-refractivity contribution in [3.63, 3.8) is 0 Å².